The molecule has 3 nitrogen and oxygen atoms in total. The highest BCUT2D eigenvalue weighted by molar-refractivity contribution is 9.10. The van der Waals surface area contributed by atoms with E-state index in [1.165, 1.54) is 0 Å². The topological polar surface area (TPSA) is 55.1 Å². The molecular formula is C15H23BrN2O. The van der Waals surface area contributed by atoms with Gasteiger partial charge in [0.25, 0.3) is 0 Å². The molecule has 1 amide bonds. The van der Waals surface area contributed by atoms with Crippen LogP contribution in [-0.4, -0.2) is 12.5 Å². The Balaban J connectivity index is 2.83. The number of hydrogen-bond donors (Lipinski definition) is 2. The molecule has 0 saturated carbocycles. The van der Waals surface area contributed by atoms with Crippen LogP contribution in [0.25, 0.3) is 0 Å². The Morgan fingerprint density at radius 3 is 2.37 bits per heavy atom. The second kappa shape index (κ2) is 7.06. The monoisotopic (exact) mass is 326 g/mol. The van der Waals surface area contributed by atoms with E-state index >= 15 is 0 Å². The van der Waals surface area contributed by atoms with E-state index in [-0.39, 0.29) is 11.9 Å². The first-order valence-electron chi connectivity index (χ1n) is 6.73. The summed E-state index contributed by atoms with van der Waals surface area (Å²) in [6.45, 7) is 6.34. The number of amides is 1. The van der Waals surface area contributed by atoms with Gasteiger partial charge in [0.2, 0.25) is 5.91 Å². The first-order chi connectivity index (χ1) is 8.96. The predicted molar refractivity (Wildman–Crippen MR) is 82.8 cm³/mol. The van der Waals surface area contributed by atoms with E-state index in [2.05, 4.69) is 28.2 Å². The van der Waals surface area contributed by atoms with Gasteiger partial charge in [-0.15, -0.1) is 0 Å². The number of rotatable bonds is 6. The van der Waals surface area contributed by atoms with Crippen LogP contribution in [0.2, 0.25) is 0 Å². The lowest BCUT2D eigenvalue weighted by molar-refractivity contribution is -0.130. The molecule has 0 aromatic heterocycles. The van der Waals surface area contributed by atoms with Gasteiger partial charge in [0.05, 0.1) is 11.5 Å². The fourth-order valence-corrected chi connectivity index (χ4v) is 2.11. The Hall–Kier alpha value is -0.870. The Labute approximate surface area is 124 Å². The van der Waals surface area contributed by atoms with E-state index in [1.807, 2.05) is 38.1 Å². The van der Waals surface area contributed by atoms with Crippen molar-refractivity contribution >= 4 is 21.8 Å². The van der Waals surface area contributed by atoms with Gasteiger partial charge in [-0.2, -0.15) is 0 Å². The zero-order valence-corrected chi connectivity index (χ0v) is 13.5. The molecule has 1 aromatic carbocycles. The van der Waals surface area contributed by atoms with Gasteiger partial charge in [-0.1, -0.05) is 41.9 Å². The van der Waals surface area contributed by atoms with Gasteiger partial charge >= 0.3 is 0 Å². The number of carbonyl (C=O) groups excluding carboxylic acids is 1. The highest BCUT2D eigenvalue weighted by Crippen LogP contribution is 2.24. The standard InChI is InChI=1S/C15H23BrN2O/c1-4-13(11-6-8-12(16)9-7-11)18-14(19)15(3,5-2)10-17/h6-9,13H,4-5,10,17H2,1-3H3,(H,18,19). The number of hydrogen-bond acceptors (Lipinski definition) is 2. The van der Waals surface area contributed by atoms with Gasteiger partial charge in [-0.25, -0.2) is 0 Å². The second-order valence-electron chi connectivity index (χ2n) is 5.10. The van der Waals surface area contributed by atoms with Crippen molar-refractivity contribution in [2.45, 2.75) is 39.7 Å². The van der Waals surface area contributed by atoms with Crippen LogP contribution in [0, 0.1) is 5.41 Å². The highest BCUT2D eigenvalue weighted by atomic mass is 79.9. The molecule has 0 saturated heterocycles. The van der Waals surface area contributed by atoms with Crippen molar-refractivity contribution in [3.63, 3.8) is 0 Å². The number of nitrogens with one attached hydrogen (secondary N) is 1. The molecule has 1 aromatic rings. The summed E-state index contributed by atoms with van der Waals surface area (Å²) in [4.78, 5) is 12.3. The van der Waals surface area contributed by atoms with E-state index < -0.39 is 5.41 Å². The number of nitrogens with two attached hydrogens (primary N) is 1. The average molecular weight is 327 g/mol. The minimum atomic E-state index is -0.483. The van der Waals surface area contributed by atoms with Gasteiger partial charge in [0, 0.05) is 11.0 Å². The van der Waals surface area contributed by atoms with Crippen LogP contribution in [0.1, 0.15) is 45.2 Å². The zero-order chi connectivity index (χ0) is 14.5. The molecular weight excluding hydrogens is 304 g/mol. The largest absolute Gasteiger partial charge is 0.349 e. The van der Waals surface area contributed by atoms with Gasteiger partial charge in [-0.05, 0) is 37.5 Å². The van der Waals surface area contributed by atoms with E-state index in [1.54, 1.807) is 0 Å². The summed E-state index contributed by atoms with van der Waals surface area (Å²) in [6.07, 6.45) is 1.60. The Morgan fingerprint density at radius 1 is 1.37 bits per heavy atom. The Bertz CT molecular complexity index is 413. The van der Waals surface area contributed by atoms with E-state index in [4.69, 9.17) is 5.73 Å². The smallest absolute Gasteiger partial charge is 0.227 e. The molecule has 0 radical (unpaired) electrons. The molecule has 4 heteroatoms. The maximum atomic E-state index is 12.3. The maximum Gasteiger partial charge on any atom is 0.227 e. The molecule has 0 aliphatic rings. The van der Waals surface area contributed by atoms with Crippen molar-refractivity contribution in [3.8, 4) is 0 Å². The summed E-state index contributed by atoms with van der Waals surface area (Å²) < 4.78 is 1.04. The summed E-state index contributed by atoms with van der Waals surface area (Å²) in [5.41, 5.74) is 6.36. The molecule has 19 heavy (non-hydrogen) atoms. The average Bonchev–Trinajstić information content (AvgIpc) is 2.44. The molecule has 106 valence electrons. The van der Waals surface area contributed by atoms with Crippen molar-refractivity contribution in [2.75, 3.05) is 6.54 Å². The molecule has 0 spiro atoms. The highest BCUT2D eigenvalue weighted by Gasteiger charge is 2.31. The van der Waals surface area contributed by atoms with Crippen molar-refractivity contribution in [1.82, 2.24) is 5.32 Å². The lowest BCUT2D eigenvalue weighted by Gasteiger charge is -2.28. The molecule has 2 unspecified atom stereocenters. The van der Waals surface area contributed by atoms with Crippen molar-refractivity contribution in [3.05, 3.63) is 34.3 Å². The van der Waals surface area contributed by atoms with E-state index in [9.17, 15) is 4.79 Å². The van der Waals surface area contributed by atoms with Crippen LogP contribution < -0.4 is 11.1 Å². The zero-order valence-electron chi connectivity index (χ0n) is 11.9. The minimum Gasteiger partial charge on any atom is -0.349 e. The summed E-state index contributed by atoms with van der Waals surface area (Å²) in [5.74, 6) is 0.0345. The summed E-state index contributed by atoms with van der Waals surface area (Å²) in [5, 5.41) is 3.11. The molecule has 2 atom stereocenters. The molecule has 0 bridgehead atoms. The molecule has 0 aliphatic carbocycles. The van der Waals surface area contributed by atoms with Crippen LogP contribution in [0.5, 0.6) is 0 Å². The van der Waals surface area contributed by atoms with Crippen molar-refractivity contribution in [1.29, 1.82) is 0 Å². The van der Waals surface area contributed by atoms with Gasteiger partial charge in [0.1, 0.15) is 0 Å². The fourth-order valence-electron chi connectivity index (χ4n) is 1.85. The van der Waals surface area contributed by atoms with Crippen LogP contribution in [-0.2, 0) is 4.79 Å². The van der Waals surface area contributed by atoms with Gasteiger partial charge in [0.15, 0.2) is 0 Å². The normalized spacial score (nSPS) is 15.6. The molecule has 0 fully saturated rings. The third-order valence-corrected chi connectivity index (χ3v) is 4.29. The SMILES string of the molecule is CCC(NC(=O)C(C)(CC)CN)c1ccc(Br)cc1. The number of carbonyl (C=O) groups is 1. The predicted octanol–water partition coefficient (Wildman–Crippen LogP) is 3.39. The third kappa shape index (κ3) is 4.05. The minimum absolute atomic E-state index is 0.0345. The first-order valence-corrected chi connectivity index (χ1v) is 7.52. The molecule has 0 aliphatic heterocycles. The third-order valence-electron chi connectivity index (χ3n) is 3.76. The van der Waals surface area contributed by atoms with E-state index in [0.29, 0.717) is 6.54 Å². The maximum absolute atomic E-state index is 12.3. The quantitative estimate of drug-likeness (QED) is 0.841. The van der Waals surface area contributed by atoms with Crippen LogP contribution in [0.4, 0.5) is 0 Å². The number of benzene rings is 1. The van der Waals surface area contributed by atoms with Crippen LogP contribution >= 0.6 is 15.9 Å². The lowest BCUT2D eigenvalue weighted by Crippen LogP contribution is -2.44. The molecule has 3 N–H and O–H groups in total. The lowest BCUT2D eigenvalue weighted by atomic mass is 9.86. The van der Waals surface area contributed by atoms with E-state index in [0.717, 1.165) is 22.9 Å². The molecule has 1 rings (SSSR count). The first kappa shape index (κ1) is 16.2. The Morgan fingerprint density at radius 2 is 1.95 bits per heavy atom. The van der Waals surface area contributed by atoms with Crippen LogP contribution in [0.3, 0.4) is 0 Å². The Kier molecular flexibility index (Phi) is 6.01. The number of halogens is 1. The van der Waals surface area contributed by atoms with Crippen LogP contribution in [0.15, 0.2) is 28.7 Å². The van der Waals surface area contributed by atoms with Gasteiger partial charge < -0.3 is 11.1 Å². The van der Waals surface area contributed by atoms with Crippen molar-refractivity contribution < 1.29 is 4.79 Å². The summed E-state index contributed by atoms with van der Waals surface area (Å²) in [7, 11) is 0. The summed E-state index contributed by atoms with van der Waals surface area (Å²) >= 11 is 3.42. The molecule has 0 heterocycles. The fraction of sp³-hybridized carbons (Fsp3) is 0.533. The van der Waals surface area contributed by atoms with Crippen molar-refractivity contribution in [2.24, 2.45) is 11.1 Å². The summed E-state index contributed by atoms with van der Waals surface area (Å²) in [6, 6.07) is 8.09. The second-order valence-corrected chi connectivity index (χ2v) is 6.02. The van der Waals surface area contributed by atoms with Gasteiger partial charge in [-0.3, -0.25) is 4.79 Å².